The molecule has 0 bridgehead atoms. The van der Waals surface area contributed by atoms with Gasteiger partial charge in [-0.15, -0.1) is 0 Å². The number of piperidine rings is 1. The van der Waals surface area contributed by atoms with E-state index in [-0.39, 0.29) is 23.5 Å². The van der Waals surface area contributed by atoms with Crippen LogP contribution in [0.2, 0.25) is 0 Å². The van der Waals surface area contributed by atoms with Crippen LogP contribution in [0.25, 0.3) is 0 Å². The Kier molecular flexibility index (Phi) is 3.87. The van der Waals surface area contributed by atoms with Gasteiger partial charge in [0.1, 0.15) is 11.4 Å². The zero-order chi connectivity index (χ0) is 15.1. The van der Waals surface area contributed by atoms with Gasteiger partial charge in [-0.2, -0.15) is 0 Å². The third kappa shape index (κ3) is 2.45. The smallest absolute Gasteiger partial charge is 0.410 e. The average molecular weight is 281 g/mol. The Bertz CT molecular complexity index is 412. The van der Waals surface area contributed by atoms with Crippen molar-refractivity contribution in [2.45, 2.75) is 71.9 Å². The fourth-order valence-corrected chi connectivity index (χ4v) is 3.85. The van der Waals surface area contributed by atoms with Gasteiger partial charge in [0.25, 0.3) is 0 Å². The molecule has 2 aliphatic rings. The molecule has 1 amide bonds. The van der Waals surface area contributed by atoms with Gasteiger partial charge in [-0.1, -0.05) is 20.3 Å². The van der Waals surface area contributed by atoms with Crippen molar-refractivity contribution in [1.29, 1.82) is 0 Å². The van der Waals surface area contributed by atoms with Crippen LogP contribution in [0, 0.1) is 11.3 Å². The Morgan fingerprint density at radius 3 is 2.65 bits per heavy atom. The summed E-state index contributed by atoms with van der Waals surface area (Å²) in [5.41, 5.74) is -0.852. The van der Waals surface area contributed by atoms with Crippen molar-refractivity contribution in [2.75, 3.05) is 6.54 Å². The minimum Gasteiger partial charge on any atom is -0.444 e. The van der Waals surface area contributed by atoms with Crippen LogP contribution in [0.5, 0.6) is 0 Å². The lowest BCUT2D eigenvalue weighted by molar-refractivity contribution is -0.164. The third-order valence-electron chi connectivity index (χ3n) is 4.58. The summed E-state index contributed by atoms with van der Waals surface area (Å²) < 4.78 is 5.51. The minimum atomic E-state index is -0.487. The maximum absolute atomic E-state index is 12.4. The van der Waals surface area contributed by atoms with Gasteiger partial charge >= 0.3 is 6.09 Å². The number of amides is 1. The highest BCUT2D eigenvalue weighted by Gasteiger charge is 2.62. The van der Waals surface area contributed by atoms with Gasteiger partial charge in [0.2, 0.25) is 0 Å². The summed E-state index contributed by atoms with van der Waals surface area (Å²) in [6.07, 6.45) is 3.37. The molecule has 1 aliphatic heterocycles. The summed E-state index contributed by atoms with van der Waals surface area (Å²) >= 11 is 0. The molecule has 114 valence electrons. The van der Waals surface area contributed by atoms with E-state index in [0.29, 0.717) is 12.3 Å². The highest BCUT2D eigenvalue weighted by Crippen LogP contribution is 2.52. The summed E-state index contributed by atoms with van der Waals surface area (Å²) in [5.74, 6) is 0.380. The maximum Gasteiger partial charge on any atom is 0.410 e. The Morgan fingerprint density at radius 2 is 2.10 bits per heavy atom. The normalized spacial score (nSPS) is 33.5. The molecule has 0 radical (unpaired) electrons. The largest absolute Gasteiger partial charge is 0.444 e. The van der Waals surface area contributed by atoms with E-state index in [1.165, 1.54) is 0 Å². The quantitative estimate of drug-likeness (QED) is 0.779. The highest BCUT2D eigenvalue weighted by atomic mass is 16.6. The zero-order valence-electron chi connectivity index (χ0n) is 13.4. The number of ketones is 1. The molecule has 1 saturated heterocycles. The first-order chi connectivity index (χ1) is 9.20. The summed E-state index contributed by atoms with van der Waals surface area (Å²) in [5, 5.41) is 0. The van der Waals surface area contributed by atoms with E-state index >= 15 is 0 Å². The van der Waals surface area contributed by atoms with Crippen molar-refractivity contribution >= 4 is 11.9 Å². The lowest BCUT2D eigenvalue weighted by Crippen LogP contribution is -2.70. The standard InChI is InChI=1S/C16H27NO3/c1-6-9-16(5)12-11(13(16)18)8-7-10-17(12)14(19)20-15(2,3)4/h11-12H,6-10H2,1-5H3. The van der Waals surface area contributed by atoms with E-state index in [4.69, 9.17) is 4.74 Å². The molecule has 1 heterocycles. The monoisotopic (exact) mass is 281 g/mol. The molecular formula is C16H27NO3. The van der Waals surface area contributed by atoms with Gasteiger partial charge in [-0.3, -0.25) is 4.79 Å². The molecule has 3 atom stereocenters. The van der Waals surface area contributed by atoms with Crippen LogP contribution in [-0.2, 0) is 9.53 Å². The predicted molar refractivity (Wildman–Crippen MR) is 77.5 cm³/mol. The summed E-state index contributed by atoms with van der Waals surface area (Å²) in [4.78, 5) is 26.6. The van der Waals surface area contributed by atoms with Gasteiger partial charge in [0, 0.05) is 17.9 Å². The molecule has 2 fully saturated rings. The number of carbonyl (C=O) groups excluding carboxylic acids is 2. The molecule has 2 rings (SSSR count). The van der Waals surface area contributed by atoms with Crippen LogP contribution in [0.15, 0.2) is 0 Å². The first-order valence-electron chi connectivity index (χ1n) is 7.74. The van der Waals surface area contributed by atoms with Gasteiger partial charge < -0.3 is 9.64 Å². The average Bonchev–Trinajstić information content (AvgIpc) is 2.35. The molecule has 4 heteroatoms. The van der Waals surface area contributed by atoms with Crippen molar-refractivity contribution < 1.29 is 14.3 Å². The van der Waals surface area contributed by atoms with Crippen LogP contribution in [0.1, 0.15) is 60.3 Å². The van der Waals surface area contributed by atoms with Crippen molar-refractivity contribution in [3.05, 3.63) is 0 Å². The molecule has 3 unspecified atom stereocenters. The second-order valence-corrected chi connectivity index (χ2v) is 7.40. The molecule has 20 heavy (non-hydrogen) atoms. The van der Waals surface area contributed by atoms with Crippen LogP contribution in [0.4, 0.5) is 4.79 Å². The Morgan fingerprint density at radius 1 is 1.45 bits per heavy atom. The van der Waals surface area contributed by atoms with Gasteiger partial charge in [-0.25, -0.2) is 4.79 Å². The van der Waals surface area contributed by atoms with E-state index < -0.39 is 5.60 Å². The van der Waals surface area contributed by atoms with Crippen molar-refractivity contribution in [2.24, 2.45) is 11.3 Å². The second kappa shape index (κ2) is 5.05. The number of likely N-dealkylation sites (tertiary alicyclic amines) is 1. The van der Waals surface area contributed by atoms with E-state index in [0.717, 1.165) is 25.7 Å². The van der Waals surface area contributed by atoms with Gasteiger partial charge in [0.05, 0.1) is 6.04 Å². The summed E-state index contributed by atoms with van der Waals surface area (Å²) in [6, 6.07) is 0.0403. The molecule has 0 N–H and O–H groups in total. The number of nitrogens with zero attached hydrogens (tertiary/aromatic N) is 1. The van der Waals surface area contributed by atoms with E-state index in [1.807, 2.05) is 32.6 Å². The van der Waals surface area contributed by atoms with Crippen LogP contribution in [0.3, 0.4) is 0 Å². The topological polar surface area (TPSA) is 46.6 Å². The zero-order valence-corrected chi connectivity index (χ0v) is 13.4. The summed E-state index contributed by atoms with van der Waals surface area (Å²) in [7, 11) is 0. The molecule has 4 nitrogen and oxygen atoms in total. The SMILES string of the molecule is CCCC1(C)C(=O)C2CCCN(C(=O)OC(C)(C)C)C21. The first kappa shape index (κ1) is 15.3. The fraction of sp³-hybridized carbons (Fsp3) is 0.875. The maximum atomic E-state index is 12.4. The van der Waals surface area contributed by atoms with Crippen molar-refractivity contribution in [3.8, 4) is 0 Å². The number of Topliss-reactive ketones (excluding diaryl/α,β-unsaturated/α-hetero) is 1. The molecule has 1 aliphatic carbocycles. The van der Waals surface area contributed by atoms with Crippen LogP contribution in [-0.4, -0.2) is 35.0 Å². The van der Waals surface area contributed by atoms with E-state index in [2.05, 4.69) is 6.92 Å². The lowest BCUT2D eigenvalue weighted by Gasteiger charge is -2.58. The van der Waals surface area contributed by atoms with Gasteiger partial charge in [-0.05, 0) is 40.0 Å². The molecule has 0 spiro atoms. The second-order valence-electron chi connectivity index (χ2n) is 7.40. The molecule has 0 aromatic rings. The Hall–Kier alpha value is -1.06. The number of hydrogen-bond donors (Lipinski definition) is 0. The molecular weight excluding hydrogens is 254 g/mol. The van der Waals surface area contributed by atoms with Crippen LogP contribution >= 0.6 is 0 Å². The Balaban J connectivity index is 2.17. The van der Waals surface area contributed by atoms with Crippen molar-refractivity contribution in [3.63, 3.8) is 0 Å². The fourth-order valence-electron chi connectivity index (χ4n) is 3.85. The van der Waals surface area contributed by atoms with Crippen molar-refractivity contribution in [1.82, 2.24) is 4.90 Å². The molecule has 1 saturated carbocycles. The predicted octanol–water partition coefficient (Wildman–Crippen LogP) is 3.39. The summed E-state index contributed by atoms with van der Waals surface area (Å²) in [6.45, 7) is 10.5. The number of carbonyl (C=O) groups is 2. The number of fused-ring (bicyclic) bond motifs is 1. The highest BCUT2D eigenvalue weighted by molar-refractivity contribution is 5.96. The van der Waals surface area contributed by atoms with E-state index in [1.54, 1.807) is 0 Å². The van der Waals surface area contributed by atoms with E-state index in [9.17, 15) is 9.59 Å². The number of ether oxygens (including phenoxy) is 1. The molecule has 0 aromatic carbocycles. The van der Waals surface area contributed by atoms with Crippen LogP contribution < -0.4 is 0 Å². The minimum absolute atomic E-state index is 0.0350. The third-order valence-corrected chi connectivity index (χ3v) is 4.58. The van der Waals surface area contributed by atoms with Gasteiger partial charge in [0.15, 0.2) is 0 Å². The number of hydrogen-bond acceptors (Lipinski definition) is 3. The molecule has 0 aromatic heterocycles. The number of rotatable bonds is 2. The lowest BCUT2D eigenvalue weighted by atomic mass is 9.53. The Labute approximate surface area is 121 Å². The first-order valence-corrected chi connectivity index (χ1v) is 7.74.